The minimum atomic E-state index is -0.159. The third-order valence-electron chi connectivity index (χ3n) is 8.07. The highest BCUT2D eigenvalue weighted by atomic mass is 16.7. The number of ether oxygens (including phenoxy) is 2. The van der Waals surface area contributed by atoms with Crippen molar-refractivity contribution in [2.45, 2.75) is 56.9 Å². The number of nitrogens with zero attached hydrogens (tertiary/aromatic N) is 3. The molecule has 2 aliphatic rings. The summed E-state index contributed by atoms with van der Waals surface area (Å²) in [5.74, 6) is 0.833. The molecule has 4 aromatic rings. The van der Waals surface area contributed by atoms with E-state index in [2.05, 4.69) is 26.0 Å². The molecule has 0 spiro atoms. The first-order chi connectivity index (χ1) is 19.5. The predicted octanol–water partition coefficient (Wildman–Crippen LogP) is 4.68. The smallest absolute Gasteiger partial charge is 0.224 e. The molecule has 0 unspecified atom stereocenters. The summed E-state index contributed by atoms with van der Waals surface area (Å²) in [7, 11) is 0. The van der Waals surface area contributed by atoms with Crippen LogP contribution >= 0.6 is 0 Å². The minimum absolute atomic E-state index is 0.00618. The van der Waals surface area contributed by atoms with E-state index in [1.807, 2.05) is 54.6 Å². The van der Waals surface area contributed by atoms with Gasteiger partial charge in [-0.2, -0.15) is 0 Å². The second-order valence-electron chi connectivity index (χ2n) is 10.9. The second-order valence-corrected chi connectivity index (χ2v) is 10.9. The fraction of sp³-hybridized carbons (Fsp3) is 0.387. The van der Waals surface area contributed by atoms with Gasteiger partial charge in [0.15, 0.2) is 6.29 Å². The Bertz CT molecular complexity index is 1440. The van der Waals surface area contributed by atoms with Crippen LogP contribution in [0.4, 0.5) is 11.5 Å². The van der Waals surface area contributed by atoms with Crippen molar-refractivity contribution in [3.05, 3.63) is 72.7 Å². The van der Waals surface area contributed by atoms with Crippen LogP contribution in [0.15, 0.2) is 67.1 Å². The normalized spacial score (nSPS) is 23.2. The number of nitrogens with two attached hydrogens (primary N) is 2. The molecule has 1 saturated heterocycles. The largest absolute Gasteiger partial charge is 0.383 e. The third-order valence-corrected chi connectivity index (χ3v) is 8.07. The Hall–Kier alpha value is -3.79. The number of hydrogen-bond donors (Lipinski definition) is 3. The summed E-state index contributed by atoms with van der Waals surface area (Å²) in [6.45, 7) is 1.12. The van der Waals surface area contributed by atoms with E-state index in [0.717, 1.165) is 59.1 Å². The Morgan fingerprint density at radius 1 is 0.975 bits per heavy atom. The SMILES string of the molecule is Nc1ncnc2c1c(-c1ccc(NC(=O)CCc3ccccc3)cc1)cn2C1CCC(C2OCC(N)CO2)CC1. The Balaban J connectivity index is 1.15. The molecule has 1 aliphatic heterocycles. The molecule has 0 atom stereocenters. The average Bonchev–Trinajstić information content (AvgIpc) is 3.39. The van der Waals surface area contributed by atoms with E-state index in [4.69, 9.17) is 20.9 Å². The average molecular weight is 541 g/mol. The van der Waals surface area contributed by atoms with Gasteiger partial charge in [-0.3, -0.25) is 4.79 Å². The van der Waals surface area contributed by atoms with Gasteiger partial charge in [0.2, 0.25) is 5.91 Å². The number of hydrogen-bond acceptors (Lipinski definition) is 7. The van der Waals surface area contributed by atoms with Crippen molar-refractivity contribution in [1.82, 2.24) is 14.5 Å². The number of benzene rings is 2. The summed E-state index contributed by atoms with van der Waals surface area (Å²) >= 11 is 0. The van der Waals surface area contributed by atoms with Gasteiger partial charge in [0.25, 0.3) is 0 Å². The molecule has 6 rings (SSSR count). The lowest BCUT2D eigenvalue weighted by Crippen LogP contribution is -2.44. The van der Waals surface area contributed by atoms with Crippen molar-refractivity contribution < 1.29 is 14.3 Å². The first-order valence-corrected chi connectivity index (χ1v) is 14.1. The predicted molar refractivity (Wildman–Crippen MR) is 155 cm³/mol. The number of carbonyl (C=O) groups is 1. The van der Waals surface area contributed by atoms with Gasteiger partial charge in [0.05, 0.1) is 24.6 Å². The first-order valence-electron chi connectivity index (χ1n) is 14.1. The van der Waals surface area contributed by atoms with E-state index in [0.29, 0.717) is 43.8 Å². The molecule has 1 saturated carbocycles. The lowest BCUT2D eigenvalue weighted by molar-refractivity contribution is -0.216. The van der Waals surface area contributed by atoms with E-state index in [-0.39, 0.29) is 18.2 Å². The zero-order chi connectivity index (χ0) is 27.5. The van der Waals surface area contributed by atoms with E-state index in [9.17, 15) is 4.79 Å². The Morgan fingerprint density at radius 2 is 1.70 bits per heavy atom. The van der Waals surface area contributed by atoms with Gasteiger partial charge in [-0.25, -0.2) is 9.97 Å². The lowest BCUT2D eigenvalue weighted by Gasteiger charge is -2.37. The maximum absolute atomic E-state index is 12.5. The molecule has 1 amide bonds. The molecule has 1 aliphatic carbocycles. The summed E-state index contributed by atoms with van der Waals surface area (Å²) < 4.78 is 14.0. The molecule has 2 fully saturated rings. The summed E-state index contributed by atoms with van der Waals surface area (Å²) in [6.07, 6.45) is 8.70. The van der Waals surface area contributed by atoms with Crippen molar-refractivity contribution in [3.63, 3.8) is 0 Å². The van der Waals surface area contributed by atoms with Crippen molar-refractivity contribution in [2.75, 3.05) is 24.3 Å². The maximum atomic E-state index is 12.5. The van der Waals surface area contributed by atoms with E-state index in [1.54, 1.807) is 0 Å². The van der Waals surface area contributed by atoms with Crippen molar-refractivity contribution in [2.24, 2.45) is 11.7 Å². The first kappa shape index (κ1) is 26.4. The molecule has 208 valence electrons. The molecule has 40 heavy (non-hydrogen) atoms. The molecule has 9 heteroatoms. The fourth-order valence-electron chi connectivity index (χ4n) is 5.92. The Morgan fingerprint density at radius 3 is 2.42 bits per heavy atom. The molecule has 0 bridgehead atoms. The second kappa shape index (κ2) is 11.8. The summed E-state index contributed by atoms with van der Waals surface area (Å²) in [5.41, 5.74) is 17.0. The summed E-state index contributed by atoms with van der Waals surface area (Å²) in [6, 6.07) is 18.2. The number of carbonyl (C=O) groups excluding carboxylic acids is 1. The molecule has 9 nitrogen and oxygen atoms in total. The molecule has 5 N–H and O–H groups in total. The highest BCUT2D eigenvalue weighted by Gasteiger charge is 2.33. The van der Waals surface area contributed by atoms with Gasteiger partial charge >= 0.3 is 0 Å². The van der Waals surface area contributed by atoms with Crippen LogP contribution in [0.25, 0.3) is 22.2 Å². The van der Waals surface area contributed by atoms with Crippen molar-refractivity contribution in [1.29, 1.82) is 0 Å². The maximum Gasteiger partial charge on any atom is 0.224 e. The lowest BCUT2D eigenvalue weighted by atomic mass is 9.85. The standard InChI is InChI=1S/C31H36N6O3/c32-23-17-39-31(40-18-23)22-9-13-25(14-10-22)37-16-26(28-29(33)34-19-35-30(28)37)21-7-11-24(12-8-21)36-27(38)15-6-20-4-2-1-3-5-20/h1-5,7-8,11-12,16,19,22-23,25,31H,6,9-10,13-15,17-18,32H2,(H,36,38)(H2,33,34,35). The number of fused-ring (bicyclic) bond motifs is 1. The van der Waals surface area contributed by atoms with Crippen LogP contribution in [0.5, 0.6) is 0 Å². The number of aryl methyl sites for hydroxylation is 1. The van der Waals surface area contributed by atoms with Crippen LogP contribution in [0, 0.1) is 5.92 Å². The van der Waals surface area contributed by atoms with Crippen LogP contribution in [0.3, 0.4) is 0 Å². The van der Waals surface area contributed by atoms with Crippen LogP contribution < -0.4 is 16.8 Å². The zero-order valence-electron chi connectivity index (χ0n) is 22.5. The monoisotopic (exact) mass is 540 g/mol. The summed E-state index contributed by atoms with van der Waals surface area (Å²) in [4.78, 5) is 21.4. The quantitative estimate of drug-likeness (QED) is 0.310. The Labute approximate surface area is 233 Å². The highest BCUT2D eigenvalue weighted by molar-refractivity contribution is 6.01. The van der Waals surface area contributed by atoms with E-state index >= 15 is 0 Å². The van der Waals surface area contributed by atoms with Gasteiger partial charge < -0.3 is 30.8 Å². The number of nitrogen functional groups attached to an aromatic ring is 1. The topological polar surface area (TPSA) is 130 Å². The van der Waals surface area contributed by atoms with Crippen LogP contribution in [0.1, 0.15) is 43.7 Å². The number of rotatable bonds is 7. The number of aromatic nitrogens is 3. The van der Waals surface area contributed by atoms with Gasteiger partial charge in [-0.15, -0.1) is 0 Å². The molecule has 0 radical (unpaired) electrons. The molecule has 2 aromatic heterocycles. The van der Waals surface area contributed by atoms with Crippen molar-refractivity contribution >= 4 is 28.4 Å². The van der Waals surface area contributed by atoms with Gasteiger partial charge in [0.1, 0.15) is 17.8 Å². The van der Waals surface area contributed by atoms with Crippen molar-refractivity contribution in [3.8, 4) is 11.1 Å². The molecule has 2 aromatic carbocycles. The van der Waals surface area contributed by atoms with Gasteiger partial charge in [-0.1, -0.05) is 42.5 Å². The van der Waals surface area contributed by atoms with Crippen LogP contribution in [-0.2, 0) is 20.7 Å². The van der Waals surface area contributed by atoms with Crippen LogP contribution in [-0.4, -0.2) is 46.0 Å². The van der Waals surface area contributed by atoms with Gasteiger partial charge in [0, 0.05) is 35.8 Å². The number of amides is 1. The zero-order valence-corrected chi connectivity index (χ0v) is 22.5. The molecular weight excluding hydrogens is 504 g/mol. The number of nitrogens with one attached hydrogen (secondary N) is 1. The Kier molecular flexibility index (Phi) is 7.77. The number of anilines is 2. The summed E-state index contributed by atoms with van der Waals surface area (Å²) in [5, 5.41) is 3.87. The minimum Gasteiger partial charge on any atom is -0.383 e. The molecule has 3 heterocycles. The van der Waals surface area contributed by atoms with E-state index in [1.165, 1.54) is 6.33 Å². The highest BCUT2D eigenvalue weighted by Crippen LogP contribution is 2.40. The fourth-order valence-corrected chi connectivity index (χ4v) is 5.92. The molecular formula is C31H36N6O3. The van der Waals surface area contributed by atoms with E-state index < -0.39 is 0 Å². The van der Waals surface area contributed by atoms with Crippen LogP contribution in [0.2, 0.25) is 0 Å². The van der Waals surface area contributed by atoms with Gasteiger partial charge in [-0.05, 0) is 55.4 Å². The third kappa shape index (κ3) is 5.72.